The number of aromatic amines is 1. The molecular formula is C21H15F3N4O2. The van der Waals surface area contributed by atoms with Crippen molar-refractivity contribution in [1.82, 2.24) is 10.2 Å². The molecule has 2 aromatic carbocycles. The number of aromatic nitrogens is 2. The monoisotopic (exact) mass is 412 g/mol. The molecule has 6 nitrogen and oxygen atoms in total. The number of fused-ring (bicyclic) bond motifs is 1. The molecule has 1 aromatic heterocycles. The van der Waals surface area contributed by atoms with Crippen molar-refractivity contribution in [2.24, 2.45) is 0 Å². The van der Waals surface area contributed by atoms with E-state index >= 15 is 0 Å². The van der Waals surface area contributed by atoms with Crippen molar-refractivity contribution in [2.45, 2.75) is 12.1 Å². The van der Waals surface area contributed by atoms with Crippen molar-refractivity contribution >= 4 is 11.6 Å². The summed E-state index contributed by atoms with van der Waals surface area (Å²) >= 11 is 0. The first-order valence-electron chi connectivity index (χ1n) is 8.95. The topological polar surface area (TPSA) is 82.0 Å². The highest BCUT2D eigenvalue weighted by Gasteiger charge is 2.45. The van der Waals surface area contributed by atoms with Crippen LogP contribution in [-0.4, -0.2) is 29.8 Å². The van der Waals surface area contributed by atoms with Gasteiger partial charge in [0.15, 0.2) is 5.69 Å². The van der Waals surface area contributed by atoms with E-state index in [1.807, 2.05) is 6.07 Å². The van der Waals surface area contributed by atoms with E-state index in [0.717, 1.165) is 0 Å². The number of anilines is 1. The molecule has 1 N–H and O–H groups in total. The molecule has 0 saturated heterocycles. The maximum atomic E-state index is 13.6. The number of nitrogens with zero attached hydrogens (tertiary/aromatic N) is 3. The average molecular weight is 412 g/mol. The molecule has 0 radical (unpaired) electrons. The molecule has 0 bridgehead atoms. The zero-order valence-electron chi connectivity index (χ0n) is 15.7. The molecule has 0 spiro atoms. The van der Waals surface area contributed by atoms with E-state index < -0.39 is 23.7 Å². The lowest BCUT2D eigenvalue weighted by Gasteiger charge is -2.33. The number of alkyl halides is 3. The normalized spacial score (nSPS) is 16.2. The Bertz CT molecular complexity index is 1130. The van der Waals surface area contributed by atoms with Crippen molar-refractivity contribution in [3.05, 3.63) is 76.6 Å². The Kier molecular flexibility index (Phi) is 4.70. The Hall–Kier alpha value is -3.80. The smallest absolute Gasteiger partial charge is 0.435 e. The number of methoxy groups -OCH3 is 1. The van der Waals surface area contributed by atoms with Gasteiger partial charge in [0.25, 0.3) is 5.91 Å². The van der Waals surface area contributed by atoms with Crippen LogP contribution >= 0.6 is 0 Å². The van der Waals surface area contributed by atoms with Crippen LogP contribution in [0.5, 0.6) is 5.75 Å². The first-order chi connectivity index (χ1) is 14.3. The quantitative estimate of drug-likeness (QED) is 0.702. The minimum Gasteiger partial charge on any atom is -0.497 e. The maximum Gasteiger partial charge on any atom is 0.435 e. The van der Waals surface area contributed by atoms with Crippen LogP contribution < -0.4 is 9.64 Å². The molecule has 9 heteroatoms. The highest BCUT2D eigenvalue weighted by molar-refractivity contribution is 6.07. The number of hydrogen-bond donors (Lipinski definition) is 1. The third-order valence-electron chi connectivity index (χ3n) is 5.07. The highest BCUT2D eigenvalue weighted by Crippen LogP contribution is 2.42. The Labute approximate surface area is 169 Å². The molecule has 30 heavy (non-hydrogen) atoms. The SMILES string of the molecule is COc1ccc(C2CN(c3ccc(C#N)cc3)C(=O)c3[nH]nc(C(F)(F)F)c32)cc1. The van der Waals surface area contributed by atoms with E-state index in [0.29, 0.717) is 22.6 Å². The molecule has 3 aromatic rings. The number of rotatable bonds is 3. The zero-order valence-corrected chi connectivity index (χ0v) is 15.7. The fourth-order valence-corrected chi connectivity index (χ4v) is 3.61. The number of carbonyl (C=O) groups is 1. The van der Waals surface area contributed by atoms with Crippen LogP contribution in [0, 0.1) is 11.3 Å². The van der Waals surface area contributed by atoms with Crippen LogP contribution in [0.3, 0.4) is 0 Å². The second-order valence-electron chi connectivity index (χ2n) is 6.76. The first-order valence-corrected chi connectivity index (χ1v) is 8.95. The molecule has 1 atom stereocenters. The average Bonchev–Trinajstić information content (AvgIpc) is 3.21. The van der Waals surface area contributed by atoms with E-state index in [1.54, 1.807) is 48.5 Å². The third kappa shape index (κ3) is 3.26. The van der Waals surface area contributed by atoms with Gasteiger partial charge in [0, 0.05) is 23.7 Å². The fraction of sp³-hybridized carbons (Fsp3) is 0.190. The molecule has 152 valence electrons. The predicted molar refractivity (Wildman–Crippen MR) is 101 cm³/mol. The molecule has 2 heterocycles. The molecule has 1 aliphatic heterocycles. The van der Waals surface area contributed by atoms with Gasteiger partial charge in [-0.25, -0.2) is 0 Å². The summed E-state index contributed by atoms with van der Waals surface area (Å²) in [4.78, 5) is 14.4. The second-order valence-corrected chi connectivity index (χ2v) is 6.76. The largest absolute Gasteiger partial charge is 0.497 e. The van der Waals surface area contributed by atoms with E-state index in [4.69, 9.17) is 10.00 Å². The van der Waals surface area contributed by atoms with E-state index in [2.05, 4.69) is 10.2 Å². The molecule has 0 fully saturated rings. The van der Waals surface area contributed by atoms with Crippen LogP contribution in [0.1, 0.15) is 38.8 Å². The number of carbonyl (C=O) groups excluding carboxylic acids is 1. The van der Waals surface area contributed by atoms with Gasteiger partial charge in [-0.3, -0.25) is 9.89 Å². The summed E-state index contributed by atoms with van der Waals surface area (Å²) in [6.45, 7) is -0.00727. The lowest BCUT2D eigenvalue weighted by molar-refractivity contribution is -0.141. The maximum absolute atomic E-state index is 13.6. The minimum absolute atomic E-state index is 0.00727. The summed E-state index contributed by atoms with van der Waals surface area (Å²) in [6, 6.07) is 14.9. The van der Waals surface area contributed by atoms with Gasteiger partial charge in [0.2, 0.25) is 0 Å². The molecule has 1 amide bonds. The minimum atomic E-state index is -4.70. The lowest BCUT2D eigenvalue weighted by Crippen LogP contribution is -2.41. The van der Waals surface area contributed by atoms with Crippen LogP contribution in [0.4, 0.5) is 18.9 Å². The molecular weight excluding hydrogens is 397 g/mol. The summed E-state index contributed by atoms with van der Waals surface area (Å²) in [7, 11) is 1.50. The number of hydrogen-bond acceptors (Lipinski definition) is 4. The number of ether oxygens (including phenoxy) is 1. The summed E-state index contributed by atoms with van der Waals surface area (Å²) in [5, 5.41) is 14.7. The molecule has 0 aliphatic carbocycles. The Morgan fingerprint density at radius 3 is 2.40 bits per heavy atom. The van der Waals surface area contributed by atoms with Crippen molar-refractivity contribution in [1.29, 1.82) is 5.26 Å². The van der Waals surface area contributed by atoms with Gasteiger partial charge < -0.3 is 9.64 Å². The second kappa shape index (κ2) is 7.22. The van der Waals surface area contributed by atoms with E-state index in [-0.39, 0.29) is 17.8 Å². The summed E-state index contributed by atoms with van der Waals surface area (Å²) in [5.41, 5.74) is 0.0328. The van der Waals surface area contributed by atoms with Crippen molar-refractivity contribution in [3.63, 3.8) is 0 Å². The van der Waals surface area contributed by atoms with Crippen molar-refractivity contribution in [2.75, 3.05) is 18.6 Å². The van der Waals surface area contributed by atoms with Crippen molar-refractivity contribution < 1.29 is 22.7 Å². The number of halogens is 3. The fourth-order valence-electron chi connectivity index (χ4n) is 3.61. The molecule has 4 rings (SSSR count). The standard InChI is InChI=1S/C21H15F3N4O2/c1-30-15-8-4-13(5-9-15)16-11-28(14-6-2-12(10-25)3-7-14)20(29)18-17(16)19(27-26-18)21(22,23)24/h2-9,16H,11H2,1H3,(H,26,27). The summed E-state index contributed by atoms with van der Waals surface area (Å²) < 4.78 is 45.9. The summed E-state index contributed by atoms with van der Waals surface area (Å²) in [5.74, 6) is -0.796. The first kappa shape index (κ1) is 19.5. The van der Waals surface area contributed by atoms with E-state index in [1.165, 1.54) is 12.0 Å². The van der Waals surface area contributed by atoms with Gasteiger partial charge in [-0.2, -0.15) is 23.5 Å². The van der Waals surface area contributed by atoms with Crippen LogP contribution in [0.25, 0.3) is 0 Å². The van der Waals surface area contributed by atoms with Crippen LogP contribution in [0.15, 0.2) is 48.5 Å². The van der Waals surface area contributed by atoms with Gasteiger partial charge >= 0.3 is 6.18 Å². The van der Waals surface area contributed by atoms with Gasteiger partial charge in [0.1, 0.15) is 11.4 Å². The highest BCUT2D eigenvalue weighted by atomic mass is 19.4. The molecule has 1 aliphatic rings. The number of nitrogens with one attached hydrogen (secondary N) is 1. The number of nitriles is 1. The van der Waals surface area contributed by atoms with Crippen LogP contribution in [-0.2, 0) is 6.18 Å². The van der Waals surface area contributed by atoms with Gasteiger partial charge in [-0.15, -0.1) is 0 Å². The van der Waals surface area contributed by atoms with Crippen molar-refractivity contribution in [3.8, 4) is 11.8 Å². The lowest BCUT2D eigenvalue weighted by atomic mass is 9.85. The van der Waals surface area contributed by atoms with Crippen LogP contribution in [0.2, 0.25) is 0 Å². The Balaban J connectivity index is 1.84. The number of H-pyrrole nitrogens is 1. The third-order valence-corrected chi connectivity index (χ3v) is 5.07. The number of amides is 1. The zero-order chi connectivity index (χ0) is 21.5. The van der Waals surface area contributed by atoms with E-state index in [9.17, 15) is 18.0 Å². The molecule has 1 unspecified atom stereocenters. The Morgan fingerprint density at radius 2 is 1.83 bits per heavy atom. The van der Waals surface area contributed by atoms with Gasteiger partial charge in [0.05, 0.1) is 18.7 Å². The Morgan fingerprint density at radius 1 is 1.17 bits per heavy atom. The van der Waals surface area contributed by atoms with Gasteiger partial charge in [-0.05, 0) is 42.0 Å². The number of benzene rings is 2. The molecule has 0 saturated carbocycles. The van der Waals surface area contributed by atoms with Gasteiger partial charge in [-0.1, -0.05) is 12.1 Å². The summed E-state index contributed by atoms with van der Waals surface area (Å²) in [6.07, 6.45) is -4.70. The predicted octanol–water partition coefficient (Wildman–Crippen LogP) is 4.10.